The smallest absolute Gasteiger partial charge is 1.00 e. The first-order valence-corrected chi connectivity index (χ1v) is 35.0. The van der Waals surface area contributed by atoms with Crippen LogP contribution in [0.2, 0.25) is 0 Å². The number of alkyl halides is 2. The molecule has 2 aliphatic heterocycles. The molecule has 2 aliphatic rings. The van der Waals surface area contributed by atoms with Gasteiger partial charge in [-0.15, -0.1) is 0 Å². The van der Waals surface area contributed by atoms with Crippen LogP contribution in [-0.4, -0.2) is 162 Å². The molecule has 0 spiro atoms. The maximum atomic E-state index is 12.4. The van der Waals surface area contributed by atoms with Crippen LogP contribution in [0.4, 0.5) is 36.7 Å². The molecule has 6 aromatic carbocycles. The van der Waals surface area contributed by atoms with Crippen molar-refractivity contribution in [3.8, 4) is 0 Å². The summed E-state index contributed by atoms with van der Waals surface area (Å²) in [7, 11) is 3.06. The van der Waals surface area contributed by atoms with Gasteiger partial charge in [0.25, 0.3) is 22.7 Å². The van der Waals surface area contributed by atoms with Crippen LogP contribution < -0.4 is 68.6 Å². The van der Waals surface area contributed by atoms with Crippen LogP contribution in [0.15, 0.2) is 155 Å². The zero-order valence-electron chi connectivity index (χ0n) is 59.6. The van der Waals surface area contributed by atoms with E-state index < -0.39 is 57.9 Å². The SMILES string of the molecule is C.C[N+](CCOC(=O)OCCl)(Cc1ccc(Br)cc1)Cc1ccc([N+](=O)[O-])cc1.C[N+](CCOC(=O)OCOC(=O)CCC[N+]1(Cc2ccc([N+](=O)[O-])cc2)CCCCC1)(Cc1ccc(Br)cc1)Cc1ccc([N+](=O)[O-])cc1.O=C([O-])CCC[N+]1(Cc2ccc([N+](=O)[O-])cc2)CCCCC1.[2H]CF.[Br-].[Br-].[Na+]. The molecule has 0 amide bonds. The average molecular weight is 1760 g/mol. The second kappa shape index (κ2) is 50.1. The molecule has 26 nitrogen and oxygen atoms in total. The van der Waals surface area contributed by atoms with Gasteiger partial charge in [0, 0.05) is 110 Å². The van der Waals surface area contributed by atoms with Gasteiger partial charge >= 0.3 is 47.8 Å². The van der Waals surface area contributed by atoms with Crippen LogP contribution in [0, 0.1) is 40.5 Å². The molecule has 0 aromatic heterocycles. The molecule has 2 heterocycles. The number of non-ortho nitro benzene ring substituents is 4. The maximum Gasteiger partial charge on any atom is 1.00 e. The number of likely N-dealkylation sites (tertiary alicyclic amines) is 2. The van der Waals surface area contributed by atoms with Crippen LogP contribution in [0.25, 0.3) is 0 Å². The Morgan fingerprint density at radius 2 is 0.771 bits per heavy atom. The summed E-state index contributed by atoms with van der Waals surface area (Å²) in [4.78, 5) is 88.7. The first-order chi connectivity index (χ1) is 48.7. The van der Waals surface area contributed by atoms with Crippen molar-refractivity contribution in [2.24, 2.45) is 0 Å². The molecule has 105 heavy (non-hydrogen) atoms. The fourth-order valence-corrected chi connectivity index (χ4v) is 13.1. The molecule has 0 radical (unpaired) electrons. The number of carboxylic acids is 1. The van der Waals surface area contributed by atoms with E-state index in [2.05, 4.69) is 36.6 Å². The van der Waals surface area contributed by atoms with Crippen molar-refractivity contribution in [1.29, 1.82) is 0 Å². The number of carbonyl (C=O) groups excluding carboxylic acids is 4. The molecule has 2 saturated heterocycles. The number of hydrogen-bond donors (Lipinski definition) is 0. The molecule has 33 heteroatoms. The Morgan fingerprint density at radius 1 is 0.486 bits per heavy atom. The normalized spacial score (nSPS) is 14.2. The van der Waals surface area contributed by atoms with Gasteiger partial charge in [0.1, 0.15) is 65.6 Å². The Hall–Kier alpha value is -6.62. The third-order valence-electron chi connectivity index (χ3n) is 17.5. The minimum atomic E-state index is -1.00. The fraction of sp³-hybridized carbons (Fsp3) is 0.444. The van der Waals surface area contributed by atoms with E-state index in [0.717, 1.165) is 129 Å². The molecule has 2 atom stereocenters. The number of esters is 1. The number of likely N-dealkylation sites (N-methyl/N-ethyl adjacent to an activating group) is 2. The number of carbonyl (C=O) groups is 4. The van der Waals surface area contributed by atoms with Crippen LogP contribution in [0.5, 0.6) is 0 Å². The number of quaternary nitrogens is 4. The molecule has 0 N–H and O–H groups in total. The number of nitro groups is 4. The number of aliphatic carboxylic acids is 1. The standard InChI is InChI=1S/C35H43BrN4O9.C19H21BrClN2O5.C16H22N2O4.CH3F.CH4.2BrH.Na/c1-39(24-28-7-13-31(36)14-8-28,25-29-9-15-32(16-10-29)37(43)44)22-23-47-35(42)49-27-48-34(41)6-5-21-40(19-3-2-4-20-40)26-30-11-17-33(18-12-30)38(45)46;1-23(10-11-27-19(24)28-14-21,12-15-2-6-17(20)7-3-15)13-16-4-8-18(9-5-16)22(25)26;19-16(20)5-4-12-18(10-2-1-3-11-18)13-14-6-8-15(9-7-14)17(21)22;1-2;;;;/h7-18H,2-6,19-27H2,1H3;2-9H,10-14H2,1H3;6-9H,1-5,10-13H2;1H3;1H4;2*1H;/q+2;+1;;;;;;+1/p-2/i;;;1D;;;;. The topological polar surface area (TPSA) is 310 Å². The molecule has 6 aromatic rings. The average Bonchev–Trinajstić information content (AvgIpc) is 0.838. The molecule has 2 fully saturated rings. The van der Waals surface area contributed by atoms with Crippen molar-refractivity contribution in [1.82, 2.24) is 0 Å². The third kappa shape index (κ3) is 36.2. The number of ether oxygens (including phenoxy) is 5. The van der Waals surface area contributed by atoms with Crippen LogP contribution in [0.1, 0.15) is 106 Å². The van der Waals surface area contributed by atoms with E-state index in [0.29, 0.717) is 61.1 Å². The predicted octanol–water partition coefficient (Wildman–Crippen LogP) is 5.76. The minimum Gasteiger partial charge on any atom is -1.00 e. The predicted molar refractivity (Wildman–Crippen MR) is 386 cm³/mol. The Labute approximate surface area is 678 Å². The van der Waals surface area contributed by atoms with E-state index in [-0.39, 0.29) is 126 Å². The molecule has 0 bridgehead atoms. The second-order valence-electron chi connectivity index (χ2n) is 25.5. The number of nitrogens with zero attached hydrogens (tertiary/aromatic N) is 8. The van der Waals surface area contributed by atoms with Crippen molar-refractivity contribution in [2.45, 2.75) is 111 Å². The van der Waals surface area contributed by atoms with Gasteiger partial charge in [-0.3, -0.25) is 49.6 Å². The molecule has 570 valence electrons. The van der Waals surface area contributed by atoms with Gasteiger partial charge in [0.15, 0.2) is 6.07 Å². The summed E-state index contributed by atoms with van der Waals surface area (Å²) in [5.41, 5.74) is 6.39. The first-order valence-electron chi connectivity index (χ1n) is 33.5. The summed E-state index contributed by atoms with van der Waals surface area (Å²) < 4.78 is 45.2. The number of rotatable bonds is 33. The monoisotopic (exact) mass is 1750 g/mol. The Morgan fingerprint density at radius 3 is 1.07 bits per heavy atom. The number of piperidine rings is 2. The largest absolute Gasteiger partial charge is 1.00 e. The van der Waals surface area contributed by atoms with Crippen LogP contribution in [0.3, 0.4) is 0 Å². The van der Waals surface area contributed by atoms with Gasteiger partial charge in [0.2, 0.25) is 6.79 Å². The summed E-state index contributed by atoms with van der Waals surface area (Å²) in [6, 6.07) is 41.9. The number of hydrogen-bond acceptors (Lipinski definition) is 18. The van der Waals surface area contributed by atoms with E-state index in [9.17, 15) is 69.1 Å². The van der Waals surface area contributed by atoms with E-state index >= 15 is 0 Å². The number of carboxylic acid groups (broad SMARTS) is 1. The van der Waals surface area contributed by atoms with Gasteiger partial charge in [-0.05, 0) is 118 Å². The van der Waals surface area contributed by atoms with Crippen molar-refractivity contribution in [3.05, 3.63) is 228 Å². The van der Waals surface area contributed by atoms with E-state index in [1.807, 2.05) is 74.8 Å². The summed E-state index contributed by atoms with van der Waals surface area (Å²) in [5, 5.41) is 54.3. The van der Waals surface area contributed by atoms with Gasteiger partial charge in [-0.1, -0.05) is 75.2 Å². The van der Waals surface area contributed by atoms with Gasteiger partial charge in [-0.2, -0.15) is 0 Å². The van der Waals surface area contributed by atoms with Crippen molar-refractivity contribution in [2.75, 3.05) is 99.7 Å². The quantitative estimate of drug-likeness (QED) is 0.00691. The first kappa shape index (κ1) is 94.5. The fourth-order valence-electron chi connectivity index (χ4n) is 12.5. The van der Waals surface area contributed by atoms with Gasteiger partial charge < -0.3 is 85.5 Å². The number of halogens is 6. The van der Waals surface area contributed by atoms with Crippen LogP contribution >= 0.6 is 43.5 Å². The van der Waals surface area contributed by atoms with Crippen molar-refractivity contribution in [3.63, 3.8) is 0 Å². The summed E-state index contributed by atoms with van der Waals surface area (Å²) in [6.07, 6.45) is 6.61. The number of benzene rings is 6. The van der Waals surface area contributed by atoms with Gasteiger partial charge in [0.05, 0.1) is 88.0 Å². The zero-order chi connectivity index (χ0) is 74.6. The molecular formula is C72H93Br4ClFN8NaO18+2. The minimum absolute atomic E-state index is 0. The maximum absolute atomic E-state index is 12.4. The Bertz CT molecular complexity index is 3640. The van der Waals surface area contributed by atoms with E-state index in [4.69, 9.17) is 31.9 Å². The molecule has 0 saturated carbocycles. The van der Waals surface area contributed by atoms with E-state index in [1.54, 1.807) is 36.4 Å². The zero-order valence-corrected chi connectivity index (χ0v) is 67.7. The summed E-state index contributed by atoms with van der Waals surface area (Å²) in [5.74, 6) is -1.47. The Balaban J connectivity index is 0.000000836. The van der Waals surface area contributed by atoms with E-state index in [1.165, 1.54) is 61.4 Å². The van der Waals surface area contributed by atoms with Gasteiger partial charge in [-0.25, -0.2) is 9.59 Å². The number of nitro benzene ring substituents is 4. The molecule has 0 aliphatic carbocycles. The molecule has 8 rings (SSSR count). The Kier molecular flexibility index (Phi) is 45.1. The van der Waals surface area contributed by atoms with Crippen molar-refractivity contribution < 1.29 is 155 Å². The van der Waals surface area contributed by atoms with Crippen molar-refractivity contribution >= 4 is 90.5 Å². The molecule has 2 unspecified atom stereocenters. The summed E-state index contributed by atoms with van der Waals surface area (Å²) in [6.45, 7) is 10.3. The summed E-state index contributed by atoms with van der Waals surface area (Å²) >= 11 is 12.2. The molecular weight excluding hydrogens is 1660 g/mol. The third-order valence-corrected chi connectivity index (χ3v) is 18.7. The second-order valence-corrected chi connectivity index (χ2v) is 27.6. The van der Waals surface area contributed by atoms with Crippen LogP contribution in [-0.2, 0) is 72.5 Å².